The van der Waals surface area contributed by atoms with Crippen molar-refractivity contribution in [1.82, 2.24) is 9.88 Å². The molecular formula is C13H16N2O3S. The molecule has 0 saturated carbocycles. The molecule has 1 N–H and O–H groups in total. The standard InChI is InChI=1S/C13H16N2O3S/c16-12(4-3-10-2-1-5-14-8-10)15-6-7-19-9-11(15)13(17)18/h1-2,5,8,11H,3-4,6-7,9H2,(H,17,18). The summed E-state index contributed by atoms with van der Waals surface area (Å²) in [6, 6.07) is 3.07. The summed E-state index contributed by atoms with van der Waals surface area (Å²) < 4.78 is 0. The number of rotatable bonds is 4. The average molecular weight is 280 g/mol. The first kappa shape index (κ1) is 13.9. The van der Waals surface area contributed by atoms with Crippen LogP contribution in [-0.2, 0) is 16.0 Å². The summed E-state index contributed by atoms with van der Waals surface area (Å²) >= 11 is 1.58. The molecule has 0 aliphatic carbocycles. The number of aliphatic carboxylic acids is 1. The van der Waals surface area contributed by atoms with E-state index in [0.717, 1.165) is 11.3 Å². The molecule has 1 aliphatic rings. The average Bonchev–Trinajstić information content (AvgIpc) is 2.46. The summed E-state index contributed by atoms with van der Waals surface area (Å²) in [5.41, 5.74) is 0.995. The lowest BCUT2D eigenvalue weighted by Crippen LogP contribution is -2.50. The van der Waals surface area contributed by atoms with Crippen molar-refractivity contribution < 1.29 is 14.7 Å². The fourth-order valence-corrected chi connectivity index (χ4v) is 3.09. The van der Waals surface area contributed by atoms with Crippen LogP contribution in [-0.4, -0.2) is 51.0 Å². The predicted molar refractivity (Wildman–Crippen MR) is 73.0 cm³/mol. The molecule has 5 nitrogen and oxygen atoms in total. The van der Waals surface area contributed by atoms with Crippen LogP contribution in [0.4, 0.5) is 0 Å². The van der Waals surface area contributed by atoms with Gasteiger partial charge < -0.3 is 10.0 Å². The summed E-state index contributed by atoms with van der Waals surface area (Å²) in [5, 5.41) is 9.13. The van der Waals surface area contributed by atoms with Gasteiger partial charge in [0.05, 0.1) is 0 Å². The number of carbonyl (C=O) groups excluding carboxylic acids is 1. The third kappa shape index (κ3) is 3.70. The molecule has 1 fully saturated rings. The van der Waals surface area contributed by atoms with Gasteiger partial charge in [0.1, 0.15) is 6.04 Å². The quantitative estimate of drug-likeness (QED) is 0.892. The lowest BCUT2D eigenvalue weighted by atomic mass is 10.1. The maximum atomic E-state index is 12.1. The van der Waals surface area contributed by atoms with Crippen LogP contribution in [0.2, 0.25) is 0 Å². The molecule has 1 aromatic rings. The van der Waals surface area contributed by atoms with Crippen LogP contribution in [0, 0.1) is 0 Å². The molecule has 1 atom stereocenters. The van der Waals surface area contributed by atoms with E-state index in [0.29, 0.717) is 25.1 Å². The van der Waals surface area contributed by atoms with Crippen LogP contribution in [0.15, 0.2) is 24.5 Å². The topological polar surface area (TPSA) is 70.5 Å². The smallest absolute Gasteiger partial charge is 0.327 e. The van der Waals surface area contributed by atoms with E-state index >= 15 is 0 Å². The van der Waals surface area contributed by atoms with E-state index in [2.05, 4.69) is 4.98 Å². The molecule has 0 bridgehead atoms. The summed E-state index contributed by atoms with van der Waals surface area (Å²) in [6.45, 7) is 0.521. The molecule has 0 spiro atoms. The second kappa shape index (κ2) is 6.56. The van der Waals surface area contributed by atoms with E-state index in [9.17, 15) is 9.59 Å². The number of thioether (sulfide) groups is 1. The van der Waals surface area contributed by atoms with E-state index < -0.39 is 12.0 Å². The Morgan fingerprint density at radius 1 is 1.53 bits per heavy atom. The maximum absolute atomic E-state index is 12.1. The van der Waals surface area contributed by atoms with Gasteiger partial charge in [0.15, 0.2) is 0 Å². The number of aryl methyl sites for hydroxylation is 1. The number of carboxylic acids is 1. The van der Waals surface area contributed by atoms with E-state index in [1.54, 1.807) is 24.2 Å². The maximum Gasteiger partial charge on any atom is 0.327 e. The highest BCUT2D eigenvalue weighted by molar-refractivity contribution is 7.99. The molecule has 1 saturated heterocycles. The Morgan fingerprint density at radius 3 is 3.05 bits per heavy atom. The largest absolute Gasteiger partial charge is 0.480 e. The molecule has 0 radical (unpaired) electrons. The number of amides is 1. The summed E-state index contributed by atoms with van der Waals surface area (Å²) in [7, 11) is 0. The third-order valence-corrected chi connectivity index (χ3v) is 4.11. The van der Waals surface area contributed by atoms with Crippen LogP contribution in [0.5, 0.6) is 0 Å². The van der Waals surface area contributed by atoms with Gasteiger partial charge in [0.2, 0.25) is 5.91 Å². The fourth-order valence-electron chi connectivity index (χ4n) is 2.05. The van der Waals surface area contributed by atoms with E-state index in [-0.39, 0.29) is 5.91 Å². The molecule has 2 heterocycles. The number of hydrogen-bond acceptors (Lipinski definition) is 4. The summed E-state index contributed by atoms with van der Waals surface area (Å²) in [6.07, 6.45) is 4.35. The van der Waals surface area contributed by atoms with Crippen LogP contribution in [0.1, 0.15) is 12.0 Å². The van der Waals surface area contributed by atoms with Crippen molar-refractivity contribution in [2.75, 3.05) is 18.1 Å². The highest BCUT2D eigenvalue weighted by atomic mass is 32.2. The minimum absolute atomic E-state index is 0.0865. The molecular weight excluding hydrogens is 264 g/mol. The first-order valence-corrected chi connectivity index (χ1v) is 7.33. The van der Waals surface area contributed by atoms with Crippen LogP contribution in [0.3, 0.4) is 0 Å². The molecule has 6 heteroatoms. The van der Waals surface area contributed by atoms with Crippen molar-refractivity contribution in [3.8, 4) is 0 Å². The van der Waals surface area contributed by atoms with Gasteiger partial charge in [0, 0.05) is 36.9 Å². The molecule has 1 unspecified atom stereocenters. The Labute approximate surface area is 116 Å². The number of carbonyl (C=O) groups is 2. The second-order valence-corrected chi connectivity index (χ2v) is 5.53. The first-order valence-electron chi connectivity index (χ1n) is 6.17. The molecule has 1 aliphatic heterocycles. The number of carboxylic acid groups (broad SMARTS) is 1. The fraction of sp³-hybridized carbons (Fsp3) is 0.462. The number of hydrogen-bond donors (Lipinski definition) is 1. The van der Waals surface area contributed by atoms with Gasteiger partial charge in [0.25, 0.3) is 0 Å². The zero-order valence-corrected chi connectivity index (χ0v) is 11.3. The van der Waals surface area contributed by atoms with Gasteiger partial charge in [-0.15, -0.1) is 0 Å². The van der Waals surface area contributed by atoms with Crippen molar-refractivity contribution in [1.29, 1.82) is 0 Å². The molecule has 1 aromatic heterocycles. The molecule has 2 rings (SSSR count). The van der Waals surface area contributed by atoms with Crippen LogP contribution in [0.25, 0.3) is 0 Å². The number of aromatic nitrogens is 1. The second-order valence-electron chi connectivity index (χ2n) is 4.38. The Bertz CT molecular complexity index is 452. The lowest BCUT2D eigenvalue weighted by Gasteiger charge is -2.32. The van der Waals surface area contributed by atoms with Gasteiger partial charge in [-0.3, -0.25) is 9.78 Å². The SMILES string of the molecule is O=C(O)C1CSCCN1C(=O)CCc1cccnc1. The molecule has 19 heavy (non-hydrogen) atoms. The van der Waals surface area contributed by atoms with Crippen molar-refractivity contribution in [2.45, 2.75) is 18.9 Å². The van der Waals surface area contributed by atoms with Gasteiger partial charge in [-0.2, -0.15) is 11.8 Å². The highest BCUT2D eigenvalue weighted by Crippen LogP contribution is 2.18. The Kier molecular flexibility index (Phi) is 4.79. The van der Waals surface area contributed by atoms with Crippen molar-refractivity contribution in [2.24, 2.45) is 0 Å². The van der Waals surface area contributed by atoms with Crippen LogP contribution < -0.4 is 0 Å². The Morgan fingerprint density at radius 2 is 2.37 bits per heavy atom. The molecule has 102 valence electrons. The number of nitrogens with zero attached hydrogens (tertiary/aromatic N) is 2. The van der Waals surface area contributed by atoms with E-state index in [1.807, 2.05) is 12.1 Å². The van der Waals surface area contributed by atoms with Gasteiger partial charge >= 0.3 is 5.97 Å². The monoisotopic (exact) mass is 280 g/mol. The summed E-state index contributed by atoms with van der Waals surface area (Å²) in [5.74, 6) is 0.287. The normalized spacial score (nSPS) is 19.2. The zero-order chi connectivity index (χ0) is 13.7. The lowest BCUT2D eigenvalue weighted by molar-refractivity contribution is -0.149. The van der Waals surface area contributed by atoms with E-state index in [1.165, 1.54) is 4.90 Å². The van der Waals surface area contributed by atoms with Crippen molar-refractivity contribution in [3.63, 3.8) is 0 Å². The Hall–Kier alpha value is -1.56. The number of pyridine rings is 1. The predicted octanol–water partition coefficient (Wildman–Crippen LogP) is 1.04. The van der Waals surface area contributed by atoms with Gasteiger partial charge in [-0.25, -0.2) is 4.79 Å². The van der Waals surface area contributed by atoms with E-state index in [4.69, 9.17) is 5.11 Å². The first-order chi connectivity index (χ1) is 9.18. The van der Waals surface area contributed by atoms with Crippen LogP contribution >= 0.6 is 11.8 Å². The summed E-state index contributed by atoms with van der Waals surface area (Å²) in [4.78, 5) is 28.7. The van der Waals surface area contributed by atoms with Crippen molar-refractivity contribution >= 4 is 23.6 Å². The van der Waals surface area contributed by atoms with Gasteiger partial charge in [-0.1, -0.05) is 6.07 Å². The van der Waals surface area contributed by atoms with Gasteiger partial charge in [-0.05, 0) is 18.1 Å². The minimum atomic E-state index is -0.915. The highest BCUT2D eigenvalue weighted by Gasteiger charge is 2.31. The minimum Gasteiger partial charge on any atom is -0.480 e. The molecule has 1 amide bonds. The Balaban J connectivity index is 1.93. The molecule has 0 aromatic carbocycles. The zero-order valence-electron chi connectivity index (χ0n) is 10.5. The third-order valence-electron chi connectivity index (χ3n) is 3.08. The van der Waals surface area contributed by atoms with Crippen molar-refractivity contribution in [3.05, 3.63) is 30.1 Å².